The average molecular weight is 392 g/mol. The number of benzene rings is 2. The summed E-state index contributed by atoms with van der Waals surface area (Å²) >= 11 is 0. The van der Waals surface area contributed by atoms with Gasteiger partial charge in [0.25, 0.3) is 0 Å². The monoisotopic (exact) mass is 392 g/mol. The molecule has 0 bridgehead atoms. The lowest BCUT2D eigenvalue weighted by Crippen LogP contribution is -2.31. The summed E-state index contributed by atoms with van der Waals surface area (Å²) in [7, 11) is 0. The summed E-state index contributed by atoms with van der Waals surface area (Å²) in [5.74, 6) is -24.7. The topological polar surface area (TPSA) is 52.0 Å². The Morgan fingerprint density at radius 2 is 0.500 bits per heavy atom. The van der Waals surface area contributed by atoms with E-state index in [1.54, 1.807) is 0 Å². The highest BCUT2D eigenvalue weighted by Gasteiger charge is 2.36. The molecule has 0 radical (unpaired) electrons. The highest BCUT2D eigenvalue weighted by Crippen LogP contribution is 2.35. The predicted octanol–water partition coefficient (Wildman–Crippen LogP) is 3.78. The van der Waals surface area contributed by atoms with Gasteiger partial charge in [0.1, 0.15) is 0 Å². The predicted molar refractivity (Wildman–Crippen MR) is 66.3 cm³/mol. The van der Waals surface area contributed by atoms with Gasteiger partial charge in [-0.05, 0) is 0 Å². The molecule has 2 aromatic rings. The second-order valence-electron chi connectivity index (χ2n) is 5.02. The highest BCUT2D eigenvalue weighted by atomic mass is 19.2. The van der Waals surface area contributed by atoms with E-state index < -0.39 is 81.4 Å². The Kier molecular flexibility index (Phi) is 5.19. The van der Waals surface area contributed by atoms with Crippen molar-refractivity contribution in [2.24, 2.45) is 11.5 Å². The van der Waals surface area contributed by atoms with Crippen LogP contribution < -0.4 is 11.5 Å². The van der Waals surface area contributed by atoms with Gasteiger partial charge in [0.05, 0.1) is 12.1 Å². The van der Waals surface area contributed by atoms with E-state index in [4.69, 9.17) is 11.5 Å². The van der Waals surface area contributed by atoms with Gasteiger partial charge in [0.15, 0.2) is 46.5 Å². The molecular formula is C14H6F10N2. The van der Waals surface area contributed by atoms with E-state index in [0.717, 1.165) is 0 Å². The fourth-order valence-electron chi connectivity index (χ4n) is 2.19. The zero-order valence-corrected chi connectivity index (χ0v) is 12.1. The van der Waals surface area contributed by atoms with E-state index in [0.29, 0.717) is 0 Å². The van der Waals surface area contributed by atoms with Crippen LogP contribution in [0, 0.1) is 58.2 Å². The molecule has 0 amide bonds. The fraction of sp³-hybridized carbons (Fsp3) is 0.143. The Balaban J connectivity index is 2.69. The van der Waals surface area contributed by atoms with Crippen LogP contribution in [0.4, 0.5) is 43.9 Å². The minimum atomic E-state index is -2.55. The smallest absolute Gasteiger partial charge is 0.200 e. The van der Waals surface area contributed by atoms with E-state index in [-0.39, 0.29) is 0 Å². The van der Waals surface area contributed by atoms with Gasteiger partial charge in [-0.2, -0.15) is 0 Å². The lowest BCUT2D eigenvalue weighted by Gasteiger charge is -2.23. The summed E-state index contributed by atoms with van der Waals surface area (Å²) in [5, 5.41) is 0. The number of halogens is 10. The summed E-state index contributed by atoms with van der Waals surface area (Å²) in [4.78, 5) is 0. The lowest BCUT2D eigenvalue weighted by atomic mass is 9.92. The van der Waals surface area contributed by atoms with Crippen molar-refractivity contribution in [1.29, 1.82) is 0 Å². The lowest BCUT2D eigenvalue weighted by molar-refractivity contribution is 0.343. The van der Waals surface area contributed by atoms with Crippen LogP contribution in [0.5, 0.6) is 0 Å². The molecule has 142 valence electrons. The Labute approximate surface area is 138 Å². The van der Waals surface area contributed by atoms with Crippen molar-refractivity contribution in [3.05, 3.63) is 69.3 Å². The second-order valence-corrected chi connectivity index (χ2v) is 5.02. The molecule has 2 aromatic carbocycles. The van der Waals surface area contributed by atoms with Crippen molar-refractivity contribution in [2.45, 2.75) is 12.1 Å². The second kappa shape index (κ2) is 6.76. The van der Waals surface area contributed by atoms with E-state index in [1.165, 1.54) is 0 Å². The number of hydrogen-bond acceptors (Lipinski definition) is 2. The summed E-state index contributed by atoms with van der Waals surface area (Å²) < 4.78 is 134. The molecule has 0 spiro atoms. The molecule has 0 heterocycles. The van der Waals surface area contributed by atoms with Gasteiger partial charge in [0.2, 0.25) is 11.6 Å². The Bertz CT molecular complexity index is 767. The van der Waals surface area contributed by atoms with Crippen molar-refractivity contribution < 1.29 is 43.9 Å². The van der Waals surface area contributed by atoms with Crippen LogP contribution >= 0.6 is 0 Å². The summed E-state index contributed by atoms with van der Waals surface area (Å²) in [6.45, 7) is 0. The summed E-state index contributed by atoms with van der Waals surface area (Å²) in [6.07, 6.45) is 0. The SMILES string of the molecule is NC(c1c(F)c(F)c(F)c(F)c1F)C(N)c1c(F)c(F)c(F)c(F)c1F. The fourth-order valence-corrected chi connectivity index (χ4v) is 2.19. The van der Waals surface area contributed by atoms with Gasteiger partial charge in [-0.1, -0.05) is 0 Å². The van der Waals surface area contributed by atoms with E-state index in [1.807, 2.05) is 0 Å². The van der Waals surface area contributed by atoms with Gasteiger partial charge in [-0.3, -0.25) is 0 Å². The molecule has 0 fully saturated rings. The Morgan fingerprint density at radius 3 is 0.692 bits per heavy atom. The van der Waals surface area contributed by atoms with Crippen LogP contribution in [0.25, 0.3) is 0 Å². The first-order valence-corrected chi connectivity index (χ1v) is 6.47. The first kappa shape index (κ1) is 20.0. The molecule has 0 aliphatic rings. The molecule has 0 aromatic heterocycles. The van der Waals surface area contributed by atoms with E-state index >= 15 is 0 Å². The van der Waals surface area contributed by atoms with Crippen molar-refractivity contribution in [1.82, 2.24) is 0 Å². The third kappa shape index (κ3) is 2.78. The van der Waals surface area contributed by atoms with Crippen molar-refractivity contribution in [3.63, 3.8) is 0 Å². The van der Waals surface area contributed by atoms with Crippen molar-refractivity contribution >= 4 is 0 Å². The Hall–Kier alpha value is -2.34. The molecule has 0 aliphatic carbocycles. The van der Waals surface area contributed by atoms with Gasteiger partial charge in [-0.25, -0.2) is 43.9 Å². The first-order valence-electron chi connectivity index (χ1n) is 6.47. The molecule has 12 heteroatoms. The maximum absolute atomic E-state index is 13.7. The van der Waals surface area contributed by atoms with Gasteiger partial charge in [0, 0.05) is 11.1 Å². The maximum Gasteiger partial charge on any atom is 0.200 e. The Morgan fingerprint density at radius 1 is 0.346 bits per heavy atom. The summed E-state index contributed by atoms with van der Waals surface area (Å²) in [6, 6.07) is -5.10. The molecule has 4 N–H and O–H groups in total. The van der Waals surface area contributed by atoms with Crippen LogP contribution in [0.3, 0.4) is 0 Å². The molecule has 2 unspecified atom stereocenters. The van der Waals surface area contributed by atoms with Crippen LogP contribution in [0.15, 0.2) is 0 Å². The third-order valence-corrected chi connectivity index (χ3v) is 3.54. The maximum atomic E-state index is 13.7. The number of rotatable bonds is 3. The van der Waals surface area contributed by atoms with Crippen LogP contribution in [-0.2, 0) is 0 Å². The van der Waals surface area contributed by atoms with Crippen LogP contribution in [-0.4, -0.2) is 0 Å². The third-order valence-electron chi connectivity index (χ3n) is 3.54. The molecule has 26 heavy (non-hydrogen) atoms. The standard InChI is InChI=1S/C14H6F10N2/c15-3-1(4(16)8(20)11(23)7(3)19)13(25)14(26)2-5(17)9(21)12(24)10(22)6(2)18/h13-14H,25-26H2. The largest absolute Gasteiger partial charge is 0.322 e. The minimum Gasteiger partial charge on any atom is -0.322 e. The number of nitrogens with two attached hydrogens (primary N) is 2. The van der Waals surface area contributed by atoms with Gasteiger partial charge < -0.3 is 11.5 Å². The van der Waals surface area contributed by atoms with Crippen molar-refractivity contribution in [2.75, 3.05) is 0 Å². The normalized spacial score (nSPS) is 13.8. The molecule has 0 saturated carbocycles. The average Bonchev–Trinajstić information content (AvgIpc) is 2.61. The van der Waals surface area contributed by atoms with Gasteiger partial charge >= 0.3 is 0 Å². The van der Waals surface area contributed by atoms with Gasteiger partial charge in [-0.15, -0.1) is 0 Å². The zero-order valence-electron chi connectivity index (χ0n) is 12.1. The zero-order chi connectivity index (χ0) is 20.1. The molecule has 0 saturated heterocycles. The first-order chi connectivity index (χ1) is 11.9. The van der Waals surface area contributed by atoms with Crippen LogP contribution in [0.2, 0.25) is 0 Å². The van der Waals surface area contributed by atoms with E-state index in [9.17, 15) is 43.9 Å². The molecule has 2 atom stereocenters. The summed E-state index contributed by atoms with van der Waals surface area (Å²) in [5.41, 5.74) is 6.85. The van der Waals surface area contributed by atoms with Crippen molar-refractivity contribution in [3.8, 4) is 0 Å². The number of hydrogen-bond donors (Lipinski definition) is 2. The molecule has 2 rings (SSSR count). The quantitative estimate of drug-likeness (QED) is 0.475. The molecule has 2 nitrogen and oxygen atoms in total. The van der Waals surface area contributed by atoms with E-state index in [2.05, 4.69) is 0 Å². The minimum absolute atomic E-state index is 1.78. The molecular weight excluding hydrogens is 386 g/mol. The highest BCUT2D eigenvalue weighted by molar-refractivity contribution is 5.33. The molecule has 0 aliphatic heterocycles. The van der Waals surface area contributed by atoms with Crippen LogP contribution in [0.1, 0.15) is 23.2 Å².